The van der Waals surface area contributed by atoms with E-state index in [0.29, 0.717) is 0 Å². The zero-order chi connectivity index (χ0) is 14.7. The van der Waals surface area contributed by atoms with Gasteiger partial charge < -0.3 is 9.47 Å². The van der Waals surface area contributed by atoms with Gasteiger partial charge in [0.1, 0.15) is 25.1 Å². The molecule has 0 unspecified atom stereocenters. The summed E-state index contributed by atoms with van der Waals surface area (Å²) in [5.74, 6) is -0.543. The van der Waals surface area contributed by atoms with E-state index in [1.54, 1.807) is 5.48 Å². The first-order chi connectivity index (χ1) is 9.51. The van der Waals surface area contributed by atoms with Crippen LogP contribution < -0.4 is 11.2 Å². The Morgan fingerprint density at radius 3 is 3.10 bits per heavy atom. The highest BCUT2D eigenvalue weighted by molar-refractivity contribution is 5.65. The van der Waals surface area contributed by atoms with Crippen LogP contribution in [-0.4, -0.2) is 39.6 Å². The molecule has 1 saturated heterocycles. The lowest BCUT2D eigenvalue weighted by atomic mass is 10.2. The third-order valence-corrected chi connectivity index (χ3v) is 2.87. The summed E-state index contributed by atoms with van der Waals surface area (Å²) in [6.45, 7) is 1.01. The van der Waals surface area contributed by atoms with Crippen molar-refractivity contribution < 1.29 is 23.9 Å². The van der Waals surface area contributed by atoms with Crippen LogP contribution >= 0.6 is 0 Å². The summed E-state index contributed by atoms with van der Waals surface area (Å²) in [6, 6.07) is 1.34. The Kier molecular flexibility index (Phi) is 4.30. The second-order valence-corrected chi connectivity index (χ2v) is 4.30. The molecule has 0 bridgehead atoms. The van der Waals surface area contributed by atoms with Gasteiger partial charge in [0.2, 0.25) is 0 Å². The van der Waals surface area contributed by atoms with Crippen molar-refractivity contribution in [2.75, 3.05) is 12.1 Å². The first-order valence-electron chi connectivity index (χ1n) is 5.93. The van der Waals surface area contributed by atoms with E-state index in [9.17, 15) is 14.0 Å². The van der Waals surface area contributed by atoms with Gasteiger partial charge in [0.15, 0.2) is 5.82 Å². The predicted molar refractivity (Wildman–Crippen MR) is 64.0 cm³/mol. The molecule has 110 valence electrons. The normalized spacial score (nSPS) is 25.4. The molecule has 0 aliphatic carbocycles. The van der Waals surface area contributed by atoms with Crippen LogP contribution in [-0.2, 0) is 14.3 Å². The lowest BCUT2D eigenvalue weighted by Crippen LogP contribution is -2.28. The molecule has 2 heterocycles. The summed E-state index contributed by atoms with van der Waals surface area (Å²) in [4.78, 5) is 25.9. The Hall–Kier alpha value is -2.00. The van der Waals surface area contributed by atoms with Crippen molar-refractivity contribution in [3.8, 4) is 0 Å². The standard InChI is InChI=1S/C11H14FN3O5/c1-6(16)19-5-8-7(12)4-10(20-8)15-3-2-9(14-18)13-11(15)17/h2-3,7-8,10,18H,4-5H2,1H3,(H,13,14,17)/t7-,8+,10-/m0/s1. The fourth-order valence-corrected chi connectivity index (χ4v) is 1.90. The maximum absolute atomic E-state index is 13.7. The average molecular weight is 287 g/mol. The molecule has 1 aliphatic heterocycles. The molecule has 20 heavy (non-hydrogen) atoms. The van der Waals surface area contributed by atoms with Gasteiger partial charge in [-0.1, -0.05) is 0 Å². The predicted octanol–water partition coefficient (Wildman–Crippen LogP) is 0.233. The summed E-state index contributed by atoms with van der Waals surface area (Å²) >= 11 is 0. The number of esters is 1. The molecule has 1 fully saturated rings. The average Bonchev–Trinajstić information content (AvgIpc) is 2.77. The number of anilines is 1. The number of carbonyl (C=O) groups is 1. The Bertz CT molecular complexity index is 549. The van der Waals surface area contributed by atoms with Crippen molar-refractivity contribution in [1.82, 2.24) is 9.55 Å². The topological polar surface area (TPSA) is 103 Å². The number of halogens is 1. The van der Waals surface area contributed by atoms with Crippen molar-refractivity contribution in [2.24, 2.45) is 0 Å². The fourth-order valence-electron chi connectivity index (χ4n) is 1.90. The molecule has 0 saturated carbocycles. The van der Waals surface area contributed by atoms with Gasteiger partial charge in [-0.25, -0.2) is 9.18 Å². The number of rotatable bonds is 4. The molecule has 3 atom stereocenters. The molecule has 2 N–H and O–H groups in total. The van der Waals surface area contributed by atoms with E-state index in [0.717, 1.165) is 4.57 Å². The number of aromatic nitrogens is 2. The molecule has 0 amide bonds. The lowest BCUT2D eigenvalue weighted by molar-refractivity contribution is -0.146. The highest BCUT2D eigenvalue weighted by atomic mass is 19.1. The summed E-state index contributed by atoms with van der Waals surface area (Å²) in [5, 5.41) is 8.62. The summed E-state index contributed by atoms with van der Waals surface area (Å²) in [6.07, 6.45) is -1.79. The van der Waals surface area contributed by atoms with Crippen molar-refractivity contribution in [3.63, 3.8) is 0 Å². The van der Waals surface area contributed by atoms with E-state index >= 15 is 0 Å². The van der Waals surface area contributed by atoms with Crippen LogP contribution in [0.1, 0.15) is 19.6 Å². The van der Waals surface area contributed by atoms with Gasteiger partial charge in [-0.2, -0.15) is 4.98 Å². The van der Waals surface area contributed by atoms with Gasteiger partial charge >= 0.3 is 11.7 Å². The first-order valence-corrected chi connectivity index (χ1v) is 5.93. The molecule has 9 heteroatoms. The van der Waals surface area contributed by atoms with Gasteiger partial charge in [0.25, 0.3) is 0 Å². The van der Waals surface area contributed by atoms with Crippen LogP contribution in [0.2, 0.25) is 0 Å². The highest BCUT2D eigenvalue weighted by Gasteiger charge is 2.37. The maximum Gasteiger partial charge on any atom is 0.351 e. The molecule has 1 aromatic heterocycles. The van der Waals surface area contributed by atoms with Gasteiger partial charge in [-0.15, -0.1) is 0 Å². The van der Waals surface area contributed by atoms with Gasteiger partial charge in [-0.3, -0.25) is 20.0 Å². The third kappa shape index (κ3) is 3.11. The fraction of sp³-hybridized carbons (Fsp3) is 0.545. The Morgan fingerprint density at radius 1 is 1.75 bits per heavy atom. The van der Waals surface area contributed by atoms with Crippen molar-refractivity contribution in [3.05, 3.63) is 22.7 Å². The smallest absolute Gasteiger partial charge is 0.351 e. The molecule has 0 aromatic carbocycles. The Labute approximate surface area is 113 Å². The van der Waals surface area contributed by atoms with E-state index in [-0.39, 0.29) is 18.8 Å². The van der Waals surface area contributed by atoms with Gasteiger partial charge in [-0.05, 0) is 6.07 Å². The van der Waals surface area contributed by atoms with Crippen LogP contribution in [0.25, 0.3) is 0 Å². The second-order valence-electron chi connectivity index (χ2n) is 4.30. The van der Waals surface area contributed by atoms with Gasteiger partial charge in [0.05, 0.1) is 0 Å². The van der Waals surface area contributed by atoms with Crippen LogP contribution in [0.3, 0.4) is 0 Å². The van der Waals surface area contributed by atoms with Crippen LogP contribution in [0.4, 0.5) is 10.2 Å². The minimum atomic E-state index is -1.35. The summed E-state index contributed by atoms with van der Waals surface area (Å²) in [5.41, 5.74) is 1.05. The summed E-state index contributed by atoms with van der Waals surface area (Å²) < 4.78 is 24.9. The summed E-state index contributed by atoms with van der Waals surface area (Å²) in [7, 11) is 0. The first kappa shape index (κ1) is 14.4. The number of alkyl halides is 1. The molecule has 8 nitrogen and oxygen atoms in total. The molecule has 1 aliphatic rings. The zero-order valence-electron chi connectivity index (χ0n) is 10.7. The van der Waals surface area contributed by atoms with Crippen LogP contribution in [0.15, 0.2) is 17.1 Å². The largest absolute Gasteiger partial charge is 0.463 e. The van der Waals surface area contributed by atoms with E-state index in [2.05, 4.69) is 4.98 Å². The number of ether oxygens (including phenoxy) is 2. The van der Waals surface area contributed by atoms with E-state index in [1.807, 2.05) is 0 Å². The Balaban J connectivity index is 2.08. The SMILES string of the molecule is CC(=O)OC[C@H]1O[C@H](n2ccc(NO)nc2=O)C[C@@H]1F. The Morgan fingerprint density at radius 2 is 2.50 bits per heavy atom. The van der Waals surface area contributed by atoms with Gasteiger partial charge in [0, 0.05) is 19.5 Å². The van der Waals surface area contributed by atoms with Crippen molar-refractivity contribution in [2.45, 2.75) is 31.8 Å². The quantitative estimate of drug-likeness (QED) is 0.603. The molecule has 0 radical (unpaired) electrons. The number of hydrogen-bond donors (Lipinski definition) is 2. The van der Waals surface area contributed by atoms with E-state index < -0.39 is 30.2 Å². The van der Waals surface area contributed by atoms with Crippen LogP contribution in [0.5, 0.6) is 0 Å². The minimum absolute atomic E-state index is 0.0162. The zero-order valence-corrected chi connectivity index (χ0v) is 10.7. The third-order valence-electron chi connectivity index (χ3n) is 2.87. The van der Waals surface area contributed by atoms with Crippen LogP contribution in [0, 0.1) is 0 Å². The second kappa shape index (κ2) is 5.97. The monoisotopic (exact) mass is 287 g/mol. The molecule has 1 aromatic rings. The number of nitrogens with zero attached hydrogens (tertiary/aromatic N) is 2. The van der Waals surface area contributed by atoms with Crippen molar-refractivity contribution >= 4 is 11.8 Å². The molecule has 0 spiro atoms. The highest BCUT2D eigenvalue weighted by Crippen LogP contribution is 2.30. The van der Waals surface area contributed by atoms with E-state index in [1.165, 1.54) is 19.2 Å². The number of nitrogens with one attached hydrogen (secondary N) is 1. The lowest BCUT2D eigenvalue weighted by Gasteiger charge is -2.15. The maximum atomic E-state index is 13.7. The molecular formula is C11H14FN3O5. The van der Waals surface area contributed by atoms with E-state index in [4.69, 9.17) is 14.7 Å². The van der Waals surface area contributed by atoms with Crippen molar-refractivity contribution in [1.29, 1.82) is 0 Å². The number of hydrogen-bond acceptors (Lipinski definition) is 7. The molecular weight excluding hydrogens is 273 g/mol. The molecule has 2 rings (SSSR count). The number of carbonyl (C=O) groups excluding carboxylic acids is 1. The minimum Gasteiger partial charge on any atom is -0.463 e.